The number of aryl methyl sites for hydroxylation is 1. The molecule has 0 aliphatic heterocycles. The molecule has 3 N–H and O–H groups in total. The summed E-state index contributed by atoms with van der Waals surface area (Å²) < 4.78 is 5.21. The van der Waals surface area contributed by atoms with Gasteiger partial charge >= 0.3 is 0 Å². The third-order valence-corrected chi connectivity index (χ3v) is 4.48. The van der Waals surface area contributed by atoms with E-state index in [1.54, 1.807) is 23.5 Å². The summed E-state index contributed by atoms with van der Waals surface area (Å²) in [4.78, 5) is 24.0. The van der Waals surface area contributed by atoms with Crippen LogP contribution in [-0.4, -0.2) is 18.4 Å². The van der Waals surface area contributed by atoms with E-state index in [2.05, 4.69) is 11.4 Å². The molecule has 2 aromatic rings. The van der Waals surface area contributed by atoms with Crippen LogP contribution in [0, 0.1) is 0 Å². The first-order chi connectivity index (χ1) is 11.5. The zero-order valence-electron chi connectivity index (χ0n) is 13.7. The standard InChI is InChI=1S/C18H22N2O3S/c1-13(14-7-9-15(10-8-14)23-12-17(19)21)20-18(22)6-2-4-16-5-3-11-24-16/h3,5,7-11,13H,2,4,6,12H2,1H3,(H2,19,21)(H,20,22). The van der Waals surface area contributed by atoms with Gasteiger partial charge < -0.3 is 15.8 Å². The van der Waals surface area contributed by atoms with E-state index in [-0.39, 0.29) is 18.6 Å². The first kappa shape index (κ1) is 18.0. The zero-order chi connectivity index (χ0) is 17.4. The lowest BCUT2D eigenvalue weighted by Gasteiger charge is -2.15. The Morgan fingerprint density at radius 3 is 2.62 bits per heavy atom. The maximum atomic E-state index is 12.0. The summed E-state index contributed by atoms with van der Waals surface area (Å²) >= 11 is 1.72. The molecule has 5 nitrogen and oxygen atoms in total. The maximum absolute atomic E-state index is 12.0. The Labute approximate surface area is 145 Å². The molecule has 6 heteroatoms. The predicted octanol–water partition coefficient (Wildman–Crippen LogP) is 2.81. The van der Waals surface area contributed by atoms with Gasteiger partial charge in [0, 0.05) is 11.3 Å². The molecule has 0 bridgehead atoms. The molecule has 1 atom stereocenters. The maximum Gasteiger partial charge on any atom is 0.255 e. The van der Waals surface area contributed by atoms with Crippen molar-refractivity contribution in [1.29, 1.82) is 0 Å². The molecule has 0 saturated carbocycles. The highest BCUT2D eigenvalue weighted by molar-refractivity contribution is 7.09. The number of rotatable bonds is 9. The van der Waals surface area contributed by atoms with Crippen LogP contribution in [-0.2, 0) is 16.0 Å². The van der Waals surface area contributed by atoms with Crippen molar-refractivity contribution in [3.8, 4) is 5.75 Å². The van der Waals surface area contributed by atoms with Gasteiger partial charge in [-0.05, 0) is 48.9 Å². The summed E-state index contributed by atoms with van der Waals surface area (Å²) in [6, 6.07) is 11.3. The summed E-state index contributed by atoms with van der Waals surface area (Å²) in [5.41, 5.74) is 6.01. The van der Waals surface area contributed by atoms with Gasteiger partial charge in [-0.1, -0.05) is 18.2 Å². The van der Waals surface area contributed by atoms with E-state index in [1.807, 2.05) is 30.5 Å². The first-order valence-electron chi connectivity index (χ1n) is 7.87. The second-order valence-electron chi connectivity index (χ2n) is 5.55. The predicted molar refractivity (Wildman–Crippen MR) is 94.9 cm³/mol. The fourth-order valence-electron chi connectivity index (χ4n) is 2.28. The molecule has 0 radical (unpaired) electrons. The minimum atomic E-state index is -0.512. The Morgan fingerprint density at radius 1 is 1.25 bits per heavy atom. The monoisotopic (exact) mass is 346 g/mol. The van der Waals surface area contributed by atoms with Crippen molar-refractivity contribution in [2.75, 3.05) is 6.61 Å². The van der Waals surface area contributed by atoms with Crippen molar-refractivity contribution >= 4 is 23.2 Å². The van der Waals surface area contributed by atoms with Crippen LogP contribution in [0.3, 0.4) is 0 Å². The molecule has 1 heterocycles. The molecule has 0 spiro atoms. The summed E-state index contributed by atoms with van der Waals surface area (Å²) in [7, 11) is 0. The summed E-state index contributed by atoms with van der Waals surface area (Å²) in [5.74, 6) is 0.113. The van der Waals surface area contributed by atoms with E-state index < -0.39 is 5.91 Å². The fourth-order valence-corrected chi connectivity index (χ4v) is 3.03. The van der Waals surface area contributed by atoms with Crippen molar-refractivity contribution in [1.82, 2.24) is 5.32 Å². The fraction of sp³-hybridized carbons (Fsp3) is 0.333. The van der Waals surface area contributed by atoms with Crippen LogP contribution in [0.5, 0.6) is 5.75 Å². The number of nitrogens with one attached hydrogen (secondary N) is 1. The second-order valence-corrected chi connectivity index (χ2v) is 6.58. The van der Waals surface area contributed by atoms with Gasteiger partial charge in [-0.25, -0.2) is 0 Å². The second kappa shape index (κ2) is 9.08. The van der Waals surface area contributed by atoms with E-state index in [0.29, 0.717) is 12.2 Å². The number of hydrogen-bond donors (Lipinski definition) is 2. The average molecular weight is 346 g/mol. The molecule has 1 aromatic heterocycles. The van der Waals surface area contributed by atoms with Crippen molar-refractivity contribution in [2.45, 2.75) is 32.2 Å². The molecule has 24 heavy (non-hydrogen) atoms. The Bertz CT molecular complexity index is 653. The normalized spacial score (nSPS) is 11.7. The van der Waals surface area contributed by atoms with Gasteiger partial charge in [-0.15, -0.1) is 11.3 Å². The van der Waals surface area contributed by atoms with Crippen LogP contribution in [0.2, 0.25) is 0 Å². The molecule has 0 fully saturated rings. The first-order valence-corrected chi connectivity index (χ1v) is 8.75. The minimum Gasteiger partial charge on any atom is -0.484 e. The third-order valence-electron chi connectivity index (χ3n) is 3.55. The number of ether oxygens (including phenoxy) is 1. The van der Waals surface area contributed by atoms with Crippen LogP contribution in [0.15, 0.2) is 41.8 Å². The number of carbonyl (C=O) groups excluding carboxylic acids is 2. The van der Waals surface area contributed by atoms with E-state index in [4.69, 9.17) is 10.5 Å². The van der Waals surface area contributed by atoms with Gasteiger partial charge in [0.25, 0.3) is 5.91 Å². The van der Waals surface area contributed by atoms with Gasteiger partial charge in [-0.3, -0.25) is 9.59 Å². The van der Waals surface area contributed by atoms with Gasteiger partial charge in [-0.2, -0.15) is 0 Å². The average Bonchev–Trinajstić information content (AvgIpc) is 3.06. The summed E-state index contributed by atoms with van der Waals surface area (Å²) in [6.07, 6.45) is 2.30. The Kier molecular flexibility index (Phi) is 6.81. The van der Waals surface area contributed by atoms with E-state index in [1.165, 1.54) is 4.88 Å². The van der Waals surface area contributed by atoms with Gasteiger partial charge in [0.15, 0.2) is 6.61 Å². The molecule has 2 amide bonds. The van der Waals surface area contributed by atoms with Crippen LogP contribution < -0.4 is 15.8 Å². The Hall–Kier alpha value is -2.34. The lowest BCUT2D eigenvalue weighted by atomic mass is 10.1. The SMILES string of the molecule is CC(NC(=O)CCCc1cccs1)c1ccc(OCC(N)=O)cc1. The van der Waals surface area contributed by atoms with Crippen molar-refractivity contribution in [3.63, 3.8) is 0 Å². The van der Waals surface area contributed by atoms with E-state index >= 15 is 0 Å². The molecule has 0 aliphatic rings. The molecule has 0 saturated heterocycles. The van der Waals surface area contributed by atoms with Gasteiger partial charge in [0.2, 0.25) is 5.91 Å². The summed E-state index contributed by atoms with van der Waals surface area (Å²) in [5, 5.41) is 5.05. The molecule has 2 rings (SSSR count). The zero-order valence-corrected chi connectivity index (χ0v) is 14.5. The van der Waals surface area contributed by atoms with Gasteiger partial charge in [0.05, 0.1) is 6.04 Å². The lowest BCUT2D eigenvalue weighted by molar-refractivity contribution is -0.122. The van der Waals surface area contributed by atoms with Crippen LogP contribution in [0.1, 0.15) is 36.2 Å². The largest absolute Gasteiger partial charge is 0.484 e. The number of primary amides is 1. The topological polar surface area (TPSA) is 81.4 Å². The molecular formula is C18H22N2O3S. The molecule has 0 aliphatic carbocycles. The molecule has 128 valence electrons. The smallest absolute Gasteiger partial charge is 0.255 e. The van der Waals surface area contributed by atoms with E-state index in [0.717, 1.165) is 18.4 Å². The highest BCUT2D eigenvalue weighted by Crippen LogP contribution is 2.18. The van der Waals surface area contributed by atoms with Crippen LogP contribution in [0.4, 0.5) is 0 Å². The number of amides is 2. The third kappa shape index (κ3) is 6.04. The number of nitrogens with two attached hydrogens (primary N) is 1. The van der Waals surface area contributed by atoms with Crippen LogP contribution >= 0.6 is 11.3 Å². The van der Waals surface area contributed by atoms with Crippen LogP contribution in [0.25, 0.3) is 0 Å². The van der Waals surface area contributed by atoms with Crippen molar-refractivity contribution in [3.05, 3.63) is 52.2 Å². The number of thiophene rings is 1. The number of benzene rings is 1. The number of carbonyl (C=O) groups is 2. The molecular weight excluding hydrogens is 324 g/mol. The van der Waals surface area contributed by atoms with E-state index in [9.17, 15) is 9.59 Å². The Balaban J connectivity index is 1.75. The van der Waals surface area contributed by atoms with Crippen molar-refractivity contribution < 1.29 is 14.3 Å². The van der Waals surface area contributed by atoms with Crippen molar-refractivity contribution in [2.24, 2.45) is 5.73 Å². The molecule has 1 unspecified atom stereocenters. The highest BCUT2D eigenvalue weighted by Gasteiger charge is 2.10. The quantitative estimate of drug-likeness (QED) is 0.732. The Morgan fingerprint density at radius 2 is 2.00 bits per heavy atom. The molecule has 1 aromatic carbocycles. The number of hydrogen-bond acceptors (Lipinski definition) is 4. The lowest BCUT2D eigenvalue weighted by Crippen LogP contribution is -2.26. The van der Waals surface area contributed by atoms with Gasteiger partial charge in [0.1, 0.15) is 5.75 Å². The highest BCUT2D eigenvalue weighted by atomic mass is 32.1. The minimum absolute atomic E-state index is 0.0492. The summed E-state index contributed by atoms with van der Waals surface area (Å²) in [6.45, 7) is 1.80.